The zero-order valence-electron chi connectivity index (χ0n) is 11.8. The third kappa shape index (κ3) is 3.89. The summed E-state index contributed by atoms with van der Waals surface area (Å²) in [6.45, 7) is 2.24. The summed E-state index contributed by atoms with van der Waals surface area (Å²) in [7, 11) is 0. The monoisotopic (exact) mass is 284 g/mol. The molecule has 1 aromatic carbocycles. The third-order valence-electron chi connectivity index (χ3n) is 3.24. The van der Waals surface area contributed by atoms with Gasteiger partial charge in [-0.3, -0.25) is 9.59 Å². The second kappa shape index (κ2) is 6.65. The van der Waals surface area contributed by atoms with Crippen LogP contribution < -0.4 is 15.6 Å². The predicted octanol–water partition coefficient (Wildman–Crippen LogP) is 0.950. The lowest BCUT2D eigenvalue weighted by molar-refractivity contribution is -0.706. The maximum absolute atomic E-state index is 12.1. The Labute approximate surface area is 123 Å². The Morgan fingerprint density at radius 1 is 1.19 bits per heavy atom. The van der Waals surface area contributed by atoms with Crippen molar-refractivity contribution in [3.05, 3.63) is 66.0 Å². The van der Waals surface area contributed by atoms with Gasteiger partial charge in [-0.15, -0.1) is 0 Å². The van der Waals surface area contributed by atoms with E-state index in [2.05, 4.69) is 5.32 Å². The largest absolute Gasteiger partial charge is 0.365 e. The summed E-state index contributed by atoms with van der Waals surface area (Å²) in [5, 5.41) is 2.87. The van der Waals surface area contributed by atoms with Crippen LogP contribution in [0.25, 0.3) is 0 Å². The first-order chi connectivity index (χ1) is 10.1. The number of rotatable bonds is 5. The van der Waals surface area contributed by atoms with Crippen molar-refractivity contribution in [2.45, 2.75) is 19.5 Å². The summed E-state index contributed by atoms with van der Waals surface area (Å²) < 4.78 is 1.67. The van der Waals surface area contributed by atoms with Gasteiger partial charge >= 0.3 is 0 Å². The van der Waals surface area contributed by atoms with Crippen molar-refractivity contribution in [1.82, 2.24) is 5.32 Å². The number of aromatic nitrogens is 1. The van der Waals surface area contributed by atoms with Gasteiger partial charge in [0.25, 0.3) is 11.8 Å². The van der Waals surface area contributed by atoms with E-state index in [0.29, 0.717) is 12.1 Å². The molecule has 3 N–H and O–H groups in total. The number of nitrogens with two attached hydrogens (primary N) is 1. The molecule has 0 unspecified atom stereocenters. The summed E-state index contributed by atoms with van der Waals surface area (Å²) in [6, 6.07) is 12.6. The first-order valence-electron chi connectivity index (χ1n) is 6.70. The van der Waals surface area contributed by atoms with E-state index in [1.165, 1.54) is 0 Å². The molecule has 1 atom stereocenters. The van der Waals surface area contributed by atoms with E-state index < -0.39 is 11.9 Å². The molecule has 1 heterocycles. The van der Waals surface area contributed by atoms with E-state index in [4.69, 9.17) is 5.73 Å². The molecule has 2 aromatic rings. The molecule has 2 rings (SSSR count). The second-order valence-electron chi connectivity index (χ2n) is 4.78. The van der Waals surface area contributed by atoms with Gasteiger partial charge in [0.2, 0.25) is 6.04 Å². The Kier molecular flexibility index (Phi) is 4.66. The van der Waals surface area contributed by atoms with Crippen LogP contribution in [0.2, 0.25) is 0 Å². The number of pyridine rings is 1. The van der Waals surface area contributed by atoms with Gasteiger partial charge in [0.15, 0.2) is 12.4 Å². The number of benzene rings is 1. The standard InChI is InChI=1S/C16H17N3O2/c1-12(19-9-5-8-14(11-19)15(17)20)16(21)18-10-13-6-3-2-4-7-13/h2-9,11-12H,10H2,1H3,(H2-,17,18,20,21)/p+1/t12-/m0/s1. The Balaban J connectivity index is 2.02. The fraction of sp³-hybridized carbons (Fsp3) is 0.188. The van der Waals surface area contributed by atoms with E-state index in [-0.39, 0.29) is 5.91 Å². The highest BCUT2D eigenvalue weighted by molar-refractivity contribution is 5.92. The number of hydrogen-bond acceptors (Lipinski definition) is 2. The Morgan fingerprint density at radius 2 is 1.90 bits per heavy atom. The molecule has 0 bridgehead atoms. The van der Waals surface area contributed by atoms with Crippen molar-refractivity contribution in [1.29, 1.82) is 0 Å². The van der Waals surface area contributed by atoms with Crippen molar-refractivity contribution < 1.29 is 14.2 Å². The molecule has 2 amide bonds. The molecule has 5 heteroatoms. The van der Waals surface area contributed by atoms with Crippen molar-refractivity contribution >= 4 is 11.8 Å². The molecule has 0 aliphatic rings. The number of carbonyl (C=O) groups excluding carboxylic acids is 2. The normalized spacial score (nSPS) is 11.7. The van der Waals surface area contributed by atoms with Gasteiger partial charge in [-0.25, -0.2) is 0 Å². The Hall–Kier alpha value is -2.69. The van der Waals surface area contributed by atoms with E-state index in [1.807, 2.05) is 30.3 Å². The van der Waals surface area contributed by atoms with Crippen molar-refractivity contribution in [2.24, 2.45) is 5.73 Å². The average molecular weight is 284 g/mol. The van der Waals surface area contributed by atoms with Crippen LogP contribution in [-0.4, -0.2) is 11.8 Å². The minimum atomic E-state index is -0.513. The molecule has 5 nitrogen and oxygen atoms in total. The molecule has 0 spiro atoms. The van der Waals surface area contributed by atoms with Gasteiger partial charge in [-0.1, -0.05) is 30.3 Å². The lowest BCUT2D eigenvalue weighted by Gasteiger charge is -2.09. The highest BCUT2D eigenvalue weighted by Gasteiger charge is 2.22. The number of primary amides is 1. The van der Waals surface area contributed by atoms with Crippen LogP contribution in [0.5, 0.6) is 0 Å². The van der Waals surface area contributed by atoms with Gasteiger partial charge in [-0.05, 0) is 11.6 Å². The molecule has 21 heavy (non-hydrogen) atoms. The molecular formula is C16H18N3O2+. The topological polar surface area (TPSA) is 76.1 Å². The zero-order valence-corrected chi connectivity index (χ0v) is 11.8. The quantitative estimate of drug-likeness (QED) is 0.802. The Morgan fingerprint density at radius 3 is 2.57 bits per heavy atom. The minimum absolute atomic E-state index is 0.120. The van der Waals surface area contributed by atoms with E-state index >= 15 is 0 Å². The van der Waals surface area contributed by atoms with Gasteiger partial charge < -0.3 is 11.1 Å². The SMILES string of the molecule is C[C@@H](C(=O)NCc1ccccc1)[n+]1cccc(C(N)=O)c1. The Bertz CT molecular complexity index is 641. The number of amides is 2. The van der Waals surface area contributed by atoms with Crippen LogP contribution in [0.3, 0.4) is 0 Å². The molecule has 0 fully saturated rings. The molecule has 0 saturated heterocycles. The van der Waals surface area contributed by atoms with Gasteiger partial charge in [0.05, 0.1) is 0 Å². The highest BCUT2D eigenvalue weighted by atomic mass is 16.2. The van der Waals surface area contributed by atoms with Crippen LogP contribution in [0.4, 0.5) is 0 Å². The van der Waals surface area contributed by atoms with E-state index in [9.17, 15) is 9.59 Å². The molecule has 108 valence electrons. The van der Waals surface area contributed by atoms with Crippen LogP contribution in [-0.2, 0) is 11.3 Å². The summed E-state index contributed by atoms with van der Waals surface area (Å²) >= 11 is 0. The number of hydrogen-bond donors (Lipinski definition) is 2. The maximum atomic E-state index is 12.1. The average Bonchev–Trinajstić information content (AvgIpc) is 2.53. The van der Waals surface area contributed by atoms with Gasteiger partial charge in [0, 0.05) is 19.5 Å². The van der Waals surface area contributed by atoms with Crippen LogP contribution in [0.1, 0.15) is 28.9 Å². The fourth-order valence-corrected chi connectivity index (χ4v) is 1.95. The summed E-state index contributed by atoms with van der Waals surface area (Å²) in [5.74, 6) is -0.633. The highest BCUT2D eigenvalue weighted by Crippen LogP contribution is 2.01. The zero-order chi connectivity index (χ0) is 15.2. The fourth-order valence-electron chi connectivity index (χ4n) is 1.95. The summed E-state index contributed by atoms with van der Waals surface area (Å²) in [5.41, 5.74) is 6.65. The first-order valence-corrected chi connectivity index (χ1v) is 6.70. The molecule has 0 aliphatic heterocycles. The van der Waals surface area contributed by atoms with Crippen LogP contribution in [0, 0.1) is 0 Å². The second-order valence-corrected chi connectivity index (χ2v) is 4.78. The summed E-state index contributed by atoms with van der Waals surface area (Å²) in [4.78, 5) is 23.3. The molecule has 0 saturated carbocycles. The van der Waals surface area contributed by atoms with Crippen molar-refractivity contribution in [3.63, 3.8) is 0 Å². The predicted molar refractivity (Wildman–Crippen MR) is 78.2 cm³/mol. The van der Waals surface area contributed by atoms with Crippen molar-refractivity contribution in [2.75, 3.05) is 0 Å². The molecule has 0 aliphatic carbocycles. The van der Waals surface area contributed by atoms with E-state index in [1.54, 1.807) is 36.0 Å². The van der Waals surface area contributed by atoms with E-state index in [0.717, 1.165) is 5.56 Å². The smallest absolute Gasteiger partial charge is 0.289 e. The van der Waals surface area contributed by atoms with Gasteiger partial charge in [0.1, 0.15) is 5.56 Å². The van der Waals surface area contributed by atoms with Gasteiger partial charge in [-0.2, -0.15) is 4.57 Å². The minimum Gasteiger partial charge on any atom is -0.365 e. The molecule has 1 aromatic heterocycles. The van der Waals surface area contributed by atoms with Crippen molar-refractivity contribution in [3.8, 4) is 0 Å². The van der Waals surface area contributed by atoms with Crippen LogP contribution >= 0.6 is 0 Å². The number of carbonyl (C=O) groups is 2. The summed E-state index contributed by atoms with van der Waals surface area (Å²) in [6.07, 6.45) is 3.31. The lowest BCUT2D eigenvalue weighted by atomic mass is 10.2. The third-order valence-corrected chi connectivity index (χ3v) is 3.24. The number of nitrogens with zero attached hydrogens (tertiary/aromatic N) is 1. The molecule has 0 radical (unpaired) electrons. The van der Waals surface area contributed by atoms with Crippen LogP contribution in [0.15, 0.2) is 54.9 Å². The lowest BCUT2D eigenvalue weighted by Crippen LogP contribution is -2.46. The maximum Gasteiger partial charge on any atom is 0.289 e. The first kappa shape index (κ1) is 14.7. The molecular weight excluding hydrogens is 266 g/mol. The number of nitrogens with one attached hydrogen (secondary N) is 1.